The van der Waals surface area contributed by atoms with Gasteiger partial charge in [0, 0.05) is 17.7 Å². The fourth-order valence-corrected chi connectivity index (χ4v) is 1.90. The van der Waals surface area contributed by atoms with Crippen molar-refractivity contribution in [2.45, 2.75) is 13.8 Å². The summed E-state index contributed by atoms with van der Waals surface area (Å²) < 4.78 is 0. The van der Waals surface area contributed by atoms with Crippen LogP contribution < -0.4 is 5.73 Å². The molecule has 5 heteroatoms. The summed E-state index contributed by atoms with van der Waals surface area (Å²) in [6.07, 6.45) is 0. The number of nitrogens with zero attached hydrogens (tertiary/aromatic N) is 1. The van der Waals surface area contributed by atoms with Gasteiger partial charge < -0.3 is 15.7 Å². The average molecular weight is 288 g/mol. The lowest BCUT2D eigenvalue weighted by Crippen LogP contribution is -2.40. The summed E-state index contributed by atoms with van der Waals surface area (Å²) in [6, 6.07) is 6.77. The van der Waals surface area contributed by atoms with Crippen molar-refractivity contribution in [3.63, 3.8) is 0 Å². The Balaban J connectivity index is 2.99. The maximum atomic E-state index is 12.5. The normalized spacial score (nSPS) is 9.90. The average Bonchev–Trinajstić information content (AvgIpc) is 2.43. The molecule has 0 aromatic heterocycles. The number of rotatable bonds is 5. The van der Waals surface area contributed by atoms with Gasteiger partial charge in [-0.1, -0.05) is 31.8 Å². The number of benzene rings is 1. The lowest BCUT2D eigenvalue weighted by atomic mass is 10.1. The minimum atomic E-state index is -0.541. The van der Waals surface area contributed by atoms with Crippen molar-refractivity contribution in [2.75, 3.05) is 19.7 Å². The van der Waals surface area contributed by atoms with Crippen LogP contribution in [0.2, 0.25) is 0 Å². The van der Waals surface area contributed by atoms with Crippen LogP contribution in [0.3, 0.4) is 0 Å². The molecule has 0 heterocycles. The van der Waals surface area contributed by atoms with Gasteiger partial charge >= 0.3 is 0 Å². The van der Waals surface area contributed by atoms with Crippen LogP contribution >= 0.6 is 0 Å². The Labute approximate surface area is 124 Å². The van der Waals surface area contributed by atoms with Gasteiger partial charge in [0.05, 0.1) is 6.54 Å². The van der Waals surface area contributed by atoms with Crippen LogP contribution in [-0.2, 0) is 4.79 Å². The molecule has 3 N–H and O–H groups in total. The molecule has 21 heavy (non-hydrogen) atoms. The van der Waals surface area contributed by atoms with E-state index in [4.69, 9.17) is 10.8 Å². The molecule has 0 atom stereocenters. The summed E-state index contributed by atoms with van der Waals surface area (Å²) in [4.78, 5) is 25.0. The quantitative estimate of drug-likeness (QED) is 0.779. The maximum Gasteiger partial charge on any atom is 0.254 e. The zero-order valence-corrected chi connectivity index (χ0v) is 12.3. The minimum absolute atomic E-state index is 0.108. The molecule has 0 aliphatic rings. The third-order valence-corrected chi connectivity index (χ3v) is 2.64. The fraction of sp³-hybridized carbons (Fsp3) is 0.375. The Bertz CT molecular complexity index is 570. The van der Waals surface area contributed by atoms with Gasteiger partial charge in [-0.05, 0) is 24.1 Å². The molecule has 1 aromatic carbocycles. The molecule has 0 fully saturated rings. The molecule has 0 spiro atoms. The van der Waals surface area contributed by atoms with Gasteiger partial charge in [0.2, 0.25) is 5.91 Å². The molecule has 0 radical (unpaired) electrons. The number of aliphatic hydroxyl groups is 1. The molecule has 0 unspecified atom stereocenters. The number of hydrogen-bond acceptors (Lipinski definition) is 3. The van der Waals surface area contributed by atoms with Gasteiger partial charge in [0.25, 0.3) is 5.91 Å². The zero-order chi connectivity index (χ0) is 15.8. The molecule has 0 saturated carbocycles. The second-order valence-electron chi connectivity index (χ2n) is 5.09. The molecular weight excluding hydrogens is 268 g/mol. The van der Waals surface area contributed by atoms with Crippen molar-refractivity contribution in [3.8, 4) is 11.8 Å². The van der Waals surface area contributed by atoms with Crippen molar-refractivity contribution in [1.29, 1.82) is 0 Å². The SMILES string of the molecule is CC(C)CN(CC(N)=O)C(=O)c1cccc(C#CCO)c1. The van der Waals surface area contributed by atoms with Crippen LogP contribution in [0.1, 0.15) is 29.8 Å². The predicted octanol–water partition coefficient (Wildman–Crippen LogP) is 0.614. The van der Waals surface area contributed by atoms with Gasteiger partial charge in [-0.15, -0.1) is 0 Å². The molecule has 112 valence electrons. The number of hydrogen-bond donors (Lipinski definition) is 2. The smallest absolute Gasteiger partial charge is 0.254 e. The molecule has 1 aromatic rings. The van der Waals surface area contributed by atoms with Gasteiger partial charge in [0.15, 0.2) is 0 Å². The predicted molar refractivity (Wildman–Crippen MR) is 80.3 cm³/mol. The van der Waals surface area contributed by atoms with Gasteiger partial charge in [-0.3, -0.25) is 9.59 Å². The van der Waals surface area contributed by atoms with E-state index in [9.17, 15) is 9.59 Å². The summed E-state index contributed by atoms with van der Waals surface area (Å²) in [5, 5.41) is 8.69. The van der Waals surface area contributed by atoms with E-state index in [1.807, 2.05) is 13.8 Å². The van der Waals surface area contributed by atoms with Crippen LogP contribution in [-0.4, -0.2) is 41.5 Å². The maximum absolute atomic E-state index is 12.5. The summed E-state index contributed by atoms with van der Waals surface area (Å²) >= 11 is 0. The first kappa shape index (κ1) is 16.7. The number of carbonyl (C=O) groups excluding carboxylic acids is 2. The summed E-state index contributed by atoms with van der Waals surface area (Å²) in [5.41, 5.74) is 6.28. The summed E-state index contributed by atoms with van der Waals surface area (Å²) in [7, 11) is 0. The van der Waals surface area contributed by atoms with Crippen LogP contribution in [0.4, 0.5) is 0 Å². The molecule has 5 nitrogen and oxygen atoms in total. The van der Waals surface area contributed by atoms with Crippen LogP contribution in [0.15, 0.2) is 24.3 Å². The van der Waals surface area contributed by atoms with E-state index in [0.717, 1.165) is 0 Å². The second kappa shape index (κ2) is 8.08. The number of carbonyl (C=O) groups is 2. The molecule has 0 bridgehead atoms. The minimum Gasteiger partial charge on any atom is -0.384 e. The monoisotopic (exact) mass is 288 g/mol. The molecule has 0 aliphatic carbocycles. The van der Waals surface area contributed by atoms with Crippen molar-refractivity contribution in [1.82, 2.24) is 4.90 Å². The first-order valence-electron chi connectivity index (χ1n) is 6.71. The van der Waals surface area contributed by atoms with Crippen molar-refractivity contribution >= 4 is 11.8 Å². The first-order valence-corrected chi connectivity index (χ1v) is 6.71. The van der Waals surface area contributed by atoms with Crippen molar-refractivity contribution in [2.24, 2.45) is 11.7 Å². The van der Waals surface area contributed by atoms with Crippen LogP contribution in [0.25, 0.3) is 0 Å². The van der Waals surface area contributed by atoms with E-state index in [0.29, 0.717) is 17.7 Å². The Morgan fingerprint density at radius 2 is 2.10 bits per heavy atom. The Kier molecular flexibility index (Phi) is 6.44. The van der Waals surface area contributed by atoms with Crippen molar-refractivity contribution < 1.29 is 14.7 Å². The summed E-state index contributed by atoms with van der Waals surface area (Å²) in [6.45, 7) is 4.03. The van der Waals surface area contributed by atoms with E-state index in [1.54, 1.807) is 24.3 Å². The Morgan fingerprint density at radius 3 is 2.67 bits per heavy atom. The van der Waals surface area contributed by atoms with E-state index < -0.39 is 5.91 Å². The number of aliphatic hydroxyl groups excluding tert-OH is 1. The Hall–Kier alpha value is -2.32. The highest BCUT2D eigenvalue weighted by Gasteiger charge is 2.18. The van der Waals surface area contributed by atoms with E-state index in [2.05, 4.69) is 11.8 Å². The summed E-state index contributed by atoms with van der Waals surface area (Å²) in [5.74, 6) is 4.71. The molecule has 0 saturated heterocycles. The third kappa shape index (κ3) is 5.67. The van der Waals surface area contributed by atoms with E-state index in [1.165, 1.54) is 4.90 Å². The second-order valence-corrected chi connectivity index (χ2v) is 5.09. The van der Waals surface area contributed by atoms with Crippen LogP contribution in [0.5, 0.6) is 0 Å². The lowest BCUT2D eigenvalue weighted by molar-refractivity contribution is -0.118. The van der Waals surface area contributed by atoms with E-state index >= 15 is 0 Å². The lowest BCUT2D eigenvalue weighted by Gasteiger charge is -2.23. The molecule has 1 rings (SSSR count). The molecule has 0 aliphatic heterocycles. The standard InChI is InChI=1S/C16H20N2O3/c1-12(2)10-18(11-15(17)20)16(21)14-7-3-5-13(9-14)6-4-8-19/h3,5,7,9,12,19H,8,10-11H2,1-2H3,(H2,17,20). The molecule has 2 amide bonds. The zero-order valence-electron chi connectivity index (χ0n) is 12.3. The highest BCUT2D eigenvalue weighted by molar-refractivity contribution is 5.96. The van der Waals surface area contributed by atoms with Gasteiger partial charge in [-0.2, -0.15) is 0 Å². The van der Waals surface area contributed by atoms with E-state index in [-0.39, 0.29) is 25.0 Å². The van der Waals surface area contributed by atoms with Crippen LogP contribution in [0, 0.1) is 17.8 Å². The molecular formula is C16H20N2O3. The highest BCUT2D eigenvalue weighted by atomic mass is 16.2. The Morgan fingerprint density at radius 1 is 1.38 bits per heavy atom. The van der Waals surface area contributed by atoms with Gasteiger partial charge in [0.1, 0.15) is 6.61 Å². The van der Waals surface area contributed by atoms with Crippen molar-refractivity contribution in [3.05, 3.63) is 35.4 Å². The topological polar surface area (TPSA) is 83.6 Å². The number of nitrogens with two attached hydrogens (primary N) is 1. The fourth-order valence-electron chi connectivity index (χ4n) is 1.90. The number of amides is 2. The first-order chi connectivity index (χ1) is 9.93. The number of primary amides is 1. The highest BCUT2D eigenvalue weighted by Crippen LogP contribution is 2.10. The van der Waals surface area contributed by atoms with Gasteiger partial charge in [-0.25, -0.2) is 0 Å². The third-order valence-electron chi connectivity index (χ3n) is 2.64. The largest absolute Gasteiger partial charge is 0.384 e.